The van der Waals surface area contributed by atoms with Gasteiger partial charge in [-0.05, 0) is 25.8 Å². The second-order valence-electron chi connectivity index (χ2n) is 5.53. The van der Waals surface area contributed by atoms with Crippen molar-refractivity contribution in [2.24, 2.45) is 0 Å². The Morgan fingerprint density at radius 1 is 1.29 bits per heavy atom. The highest BCUT2D eigenvalue weighted by Gasteiger charge is 2.48. The molecule has 2 atom stereocenters. The molecule has 0 saturated carbocycles. The SMILES string of the molecule is CCCC1NC(=O)C(C)(CC)N(Cc2ncccn2)C1=O. The molecule has 1 aliphatic heterocycles. The van der Waals surface area contributed by atoms with Crippen molar-refractivity contribution >= 4 is 11.8 Å². The largest absolute Gasteiger partial charge is 0.342 e. The number of nitrogens with one attached hydrogen (secondary N) is 1. The maximum atomic E-state index is 12.7. The Morgan fingerprint density at radius 3 is 2.52 bits per heavy atom. The topological polar surface area (TPSA) is 75.2 Å². The third kappa shape index (κ3) is 2.89. The fourth-order valence-electron chi connectivity index (χ4n) is 2.57. The van der Waals surface area contributed by atoms with Crippen LogP contribution in [0.5, 0.6) is 0 Å². The van der Waals surface area contributed by atoms with Crippen molar-refractivity contribution in [3.8, 4) is 0 Å². The number of amides is 2. The summed E-state index contributed by atoms with van der Waals surface area (Å²) in [4.78, 5) is 35.1. The number of nitrogens with zero attached hydrogens (tertiary/aromatic N) is 3. The van der Waals surface area contributed by atoms with Crippen LogP contribution < -0.4 is 5.32 Å². The number of carbonyl (C=O) groups is 2. The predicted octanol–water partition coefficient (Wildman–Crippen LogP) is 1.27. The summed E-state index contributed by atoms with van der Waals surface area (Å²) in [5.74, 6) is 0.405. The molecule has 6 heteroatoms. The van der Waals surface area contributed by atoms with Gasteiger partial charge in [0.2, 0.25) is 11.8 Å². The van der Waals surface area contributed by atoms with Gasteiger partial charge < -0.3 is 10.2 Å². The van der Waals surface area contributed by atoms with E-state index in [1.807, 2.05) is 13.8 Å². The lowest BCUT2D eigenvalue weighted by Gasteiger charge is -2.45. The summed E-state index contributed by atoms with van der Waals surface area (Å²) >= 11 is 0. The first-order valence-corrected chi connectivity index (χ1v) is 7.41. The predicted molar refractivity (Wildman–Crippen MR) is 78.1 cm³/mol. The van der Waals surface area contributed by atoms with Gasteiger partial charge in [-0.1, -0.05) is 20.3 Å². The van der Waals surface area contributed by atoms with Crippen molar-refractivity contribution < 1.29 is 9.59 Å². The van der Waals surface area contributed by atoms with Gasteiger partial charge in [-0.15, -0.1) is 0 Å². The van der Waals surface area contributed by atoms with Crippen molar-refractivity contribution in [2.45, 2.75) is 58.2 Å². The summed E-state index contributed by atoms with van der Waals surface area (Å²) in [5, 5.41) is 2.85. The van der Waals surface area contributed by atoms with E-state index in [0.717, 1.165) is 6.42 Å². The molecule has 1 N–H and O–H groups in total. The third-order valence-corrected chi connectivity index (χ3v) is 4.14. The number of piperazine rings is 1. The summed E-state index contributed by atoms with van der Waals surface area (Å²) in [7, 11) is 0. The molecule has 2 heterocycles. The summed E-state index contributed by atoms with van der Waals surface area (Å²) < 4.78 is 0. The lowest BCUT2D eigenvalue weighted by Crippen LogP contribution is -2.68. The quantitative estimate of drug-likeness (QED) is 0.886. The lowest BCUT2D eigenvalue weighted by atomic mass is 9.89. The summed E-state index contributed by atoms with van der Waals surface area (Å²) in [6, 6.07) is 1.29. The first-order chi connectivity index (χ1) is 10.0. The molecule has 0 aliphatic carbocycles. The zero-order valence-electron chi connectivity index (χ0n) is 12.8. The Bertz CT molecular complexity index is 520. The van der Waals surface area contributed by atoms with Gasteiger partial charge >= 0.3 is 0 Å². The fraction of sp³-hybridized carbons (Fsp3) is 0.600. The first kappa shape index (κ1) is 15.4. The smallest absolute Gasteiger partial charge is 0.246 e. The minimum absolute atomic E-state index is 0.0479. The second-order valence-corrected chi connectivity index (χ2v) is 5.53. The zero-order valence-corrected chi connectivity index (χ0v) is 12.8. The second kappa shape index (κ2) is 6.20. The van der Waals surface area contributed by atoms with E-state index < -0.39 is 11.6 Å². The minimum Gasteiger partial charge on any atom is -0.342 e. The molecule has 2 rings (SSSR count). The van der Waals surface area contributed by atoms with E-state index >= 15 is 0 Å². The van der Waals surface area contributed by atoms with Crippen molar-refractivity contribution in [1.82, 2.24) is 20.2 Å². The molecule has 0 radical (unpaired) electrons. The molecule has 1 aromatic heterocycles. The Kier molecular flexibility index (Phi) is 4.55. The van der Waals surface area contributed by atoms with Crippen LogP contribution in [0, 0.1) is 0 Å². The average Bonchev–Trinajstić information content (AvgIpc) is 2.50. The van der Waals surface area contributed by atoms with Crippen LogP contribution in [0.2, 0.25) is 0 Å². The number of carbonyl (C=O) groups excluding carboxylic acids is 2. The Balaban J connectivity index is 2.30. The van der Waals surface area contributed by atoms with Crippen LogP contribution in [0.4, 0.5) is 0 Å². The van der Waals surface area contributed by atoms with Crippen molar-refractivity contribution in [2.75, 3.05) is 0 Å². The molecular formula is C15H22N4O2. The van der Waals surface area contributed by atoms with Gasteiger partial charge in [-0.2, -0.15) is 0 Å². The van der Waals surface area contributed by atoms with E-state index in [4.69, 9.17) is 0 Å². The average molecular weight is 290 g/mol. The molecular weight excluding hydrogens is 268 g/mol. The van der Waals surface area contributed by atoms with Crippen LogP contribution in [0.3, 0.4) is 0 Å². The van der Waals surface area contributed by atoms with Crippen LogP contribution in [-0.4, -0.2) is 38.3 Å². The van der Waals surface area contributed by atoms with Gasteiger partial charge in [0.1, 0.15) is 17.4 Å². The molecule has 1 aromatic rings. The minimum atomic E-state index is -0.847. The number of rotatable bonds is 5. The first-order valence-electron chi connectivity index (χ1n) is 7.41. The number of aromatic nitrogens is 2. The molecule has 0 bridgehead atoms. The van der Waals surface area contributed by atoms with E-state index in [1.54, 1.807) is 30.3 Å². The third-order valence-electron chi connectivity index (χ3n) is 4.14. The van der Waals surface area contributed by atoms with Crippen molar-refractivity contribution in [3.05, 3.63) is 24.3 Å². The van der Waals surface area contributed by atoms with Gasteiger partial charge in [0, 0.05) is 12.4 Å². The van der Waals surface area contributed by atoms with Crippen LogP contribution >= 0.6 is 0 Å². The van der Waals surface area contributed by atoms with E-state index in [0.29, 0.717) is 18.7 Å². The summed E-state index contributed by atoms with van der Waals surface area (Å²) in [5.41, 5.74) is -0.847. The molecule has 1 fully saturated rings. The van der Waals surface area contributed by atoms with Gasteiger partial charge in [0.05, 0.1) is 6.54 Å². The standard InChI is InChI=1S/C15H22N4O2/c1-4-7-11-13(20)19(10-12-16-8-6-9-17-12)15(3,5-2)14(21)18-11/h6,8-9,11H,4-5,7,10H2,1-3H3,(H,18,21). The molecule has 114 valence electrons. The maximum absolute atomic E-state index is 12.7. The number of hydrogen-bond donors (Lipinski definition) is 1. The van der Waals surface area contributed by atoms with Gasteiger partial charge in [0.15, 0.2) is 0 Å². The highest BCUT2D eigenvalue weighted by Crippen LogP contribution is 2.27. The molecule has 2 amide bonds. The Hall–Kier alpha value is -1.98. The van der Waals surface area contributed by atoms with Crippen LogP contribution in [0.25, 0.3) is 0 Å². The zero-order chi connectivity index (χ0) is 15.5. The molecule has 6 nitrogen and oxygen atoms in total. The molecule has 0 aromatic carbocycles. The van der Waals surface area contributed by atoms with E-state index in [9.17, 15) is 9.59 Å². The van der Waals surface area contributed by atoms with Crippen molar-refractivity contribution in [3.63, 3.8) is 0 Å². The number of hydrogen-bond acceptors (Lipinski definition) is 4. The van der Waals surface area contributed by atoms with Gasteiger partial charge in [-0.25, -0.2) is 9.97 Å². The lowest BCUT2D eigenvalue weighted by molar-refractivity contribution is -0.158. The normalized spacial score (nSPS) is 25.9. The molecule has 21 heavy (non-hydrogen) atoms. The molecule has 0 spiro atoms. The molecule has 1 saturated heterocycles. The molecule has 1 aliphatic rings. The van der Waals surface area contributed by atoms with Crippen molar-refractivity contribution in [1.29, 1.82) is 0 Å². The Labute approximate surface area is 125 Å². The van der Waals surface area contributed by atoms with Gasteiger partial charge in [0.25, 0.3) is 0 Å². The molecule has 2 unspecified atom stereocenters. The Morgan fingerprint density at radius 2 is 1.95 bits per heavy atom. The monoisotopic (exact) mass is 290 g/mol. The highest BCUT2D eigenvalue weighted by molar-refractivity contribution is 5.99. The highest BCUT2D eigenvalue weighted by atomic mass is 16.2. The van der Waals surface area contributed by atoms with Crippen LogP contribution in [0.15, 0.2) is 18.5 Å². The maximum Gasteiger partial charge on any atom is 0.246 e. The summed E-state index contributed by atoms with van der Waals surface area (Å²) in [6.45, 7) is 5.96. The fourth-order valence-corrected chi connectivity index (χ4v) is 2.57. The van der Waals surface area contributed by atoms with Crippen LogP contribution in [0.1, 0.15) is 45.9 Å². The van der Waals surface area contributed by atoms with E-state index in [-0.39, 0.29) is 18.4 Å². The van der Waals surface area contributed by atoms with Gasteiger partial charge in [-0.3, -0.25) is 9.59 Å². The van der Waals surface area contributed by atoms with Crippen LogP contribution in [-0.2, 0) is 16.1 Å². The van der Waals surface area contributed by atoms with E-state index in [1.165, 1.54) is 0 Å². The summed E-state index contributed by atoms with van der Waals surface area (Å²) in [6.07, 6.45) is 5.33. The van der Waals surface area contributed by atoms with E-state index in [2.05, 4.69) is 15.3 Å².